The Morgan fingerprint density at radius 1 is 0.339 bits per heavy atom. The van der Waals surface area contributed by atoms with Crippen LogP contribution in [0.1, 0.15) is 0 Å². The minimum atomic E-state index is 0.650. The lowest BCUT2D eigenvalue weighted by Crippen LogP contribution is -2.00. The lowest BCUT2D eigenvalue weighted by Gasteiger charge is -2.11. The zero-order chi connectivity index (χ0) is 37.0. The van der Waals surface area contributed by atoms with Crippen molar-refractivity contribution in [1.29, 1.82) is 0 Å². The Kier molecular flexibility index (Phi) is 7.64. The van der Waals surface area contributed by atoms with Gasteiger partial charge in [-0.25, -0.2) is 15.0 Å². The summed E-state index contributed by atoms with van der Waals surface area (Å²) in [7, 11) is 0. The molecule has 0 aliphatic heterocycles. The van der Waals surface area contributed by atoms with Crippen LogP contribution in [0.2, 0.25) is 0 Å². The first-order valence-electron chi connectivity index (χ1n) is 18.7. The van der Waals surface area contributed by atoms with Crippen molar-refractivity contribution >= 4 is 53.4 Å². The molecule has 0 saturated heterocycles. The van der Waals surface area contributed by atoms with Crippen molar-refractivity contribution in [2.24, 2.45) is 0 Å². The zero-order valence-electron chi connectivity index (χ0n) is 30.1. The maximum absolute atomic E-state index is 6.77. The standard InChI is InChI=1S/C51H31N3OS/c1-4-15-32(16-5-1)35-21-12-22-36(31-35)37-29-30-38(45-42-23-10-11-28-44(42)55-46(37)45)39-24-13-25-40-41-26-14-27-43(48(41)56-47(39)40)51-53-49(33-17-6-2-7-18-33)52-50(54-51)34-19-8-3-9-20-34/h1-31H. The van der Waals surface area contributed by atoms with Crippen molar-refractivity contribution in [3.63, 3.8) is 0 Å². The average Bonchev–Trinajstić information content (AvgIpc) is 3.86. The van der Waals surface area contributed by atoms with Gasteiger partial charge in [-0.1, -0.05) is 164 Å². The van der Waals surface area contributed by atoms with Crippen molar-refractivity contribution < 1.29 is 4.42 Å². The van der Waals surface area contributed by atoms with Gasteiger partial charge in [0.1, 0.15) is 11.2 Å². The average molecular weight is 734 g/mol. The summed E-state index contributed by atoms with van der Waals surface area (Å²) in [5, 5.41) is 4.59. The minimum Gasteiger partial charge on any atom is -0.455 e. The Bertz CT molecular complexity index is 3180. The molecule has 11 aromatic rings. The molecule has 0 unspecified atom stereocenters. The Labute approximate surface area is 327 Å². The number of nitrogens with zero attached hydrogens (tertiary/aromatic N) is 3. The second-order valence-electron chi connectivity index (χ2n) is 13.9. The van der Waals surface area contributed by atoms with E-state index in [1.807, 2.05) is 66.7 Å². The normalized spacial score (nSPS) is 11.6. The number of hydrogen-bond acceptors (Lipinski definition) is 5. The fourth-order valence-electron chi connectivity index (χ4n) is 7.91. The minimum absolute atomic E-state index is 0.650. The van der Waals surface area contributed by atoms with Gasteiger partial charge in [-0.05, 0) is 46.5 Å². The van der Waals surface area contributed by atoms with Crippen LogP contribution >= 0.6 is 11.3 Å². The van der Waals surface area contributed by atoms with Gasteiger partial charge in [0.25, 0.3) is 0 Å². The molecule has 262 valence electrons. The van der Waals surface area contributed by atoms with E-state index in [1.54, 1.807) is 11.3 Å². The molecule has 3 aromatic heterocycles. The van der Waals surface area contributed by atoms with Crippen LogP contribution in [0.5, 0.6) is 0 Å². The second-order valence-corrected chi connectivity index (χ2v) is 14.9. The van der Waals surface area contributed by atoms with Crippen LogP contribution in [0.25, 0.3) is 110 Å². The Morgan fingerprint density at radius 3 is 1.54 bits per heavy atom. The largest absolute Gasteiger partial charge is 0.455 e. The van der Waals surface area contributed by atoms with Crippen molar-refractivity contribution in [2.75, 3.05) is 0 Å². The number of hydrogen-bond donors (Lipinski definition) is 0. The lowest BCUT2D eigenvalue weighted by atomic mass is 9.93. The number of para-hydroxylation sites is 1. The molecule has 0 N–H and O–H groups in total. The highest BCUT2D eigenvalue weighted by molar-refractivity contribution is 7.26. The predicted octanol–water partition coefficient (Wildman–Crippen LogP) is 14.1. The molecule has 0 aliphatic rings. The van der Waals surface area contributed by atoms with Gasteiger partial charge in [-0.3, -0.25) is 0 Å². The first-order valence-corrected chi connectivity index (χ1v) is 19.5. The summed E-state index contributed by atoms with van der Waals surface area (Å²) in [6.07, 6.45) is 0. The number of fused-ring (bicyclic) bond motifs is 6. The summed E-state index contributed by atoms with van der Waals surface area (Å²) in [6.45, 7) is 0. The molecule has 0 bridgehead atoms. The third-order valence-corrected chi connectivity index (χ3v) is 11.8. The fraction of sp³-hybridized carbons (Fsp3) is 0. The molecule has 5 heteroatoms. The highest BCUT2D eigenvalue weighted by Crippen LogP contribution is 2.48. The van der Waals surface area contributed by atoms with E-state index >= 15 is 0 Å². The Morgan fingerprint density at radius 2 is 0.839 bits per heavy atom. The van der Waals surface area contributed by atoms with Gasteiger partial charge in [0.05, 0.1) is 0 Å². The Balaban J connectivity index is 1.12. The van der Waals surface area contributed by atoms with Crippen molar-refractivity contribution in [3.8, 4) is 67.5 Å². The van der Waals surface area contributed by atoms with Gasteiger partial charge in [0.2, 0.25) is 0 Å². The lowest BCUT2D eigenvalue weighted by molar-refractivity contribution is 0.670. The Hall–Kier alpha value is -7.21. The smallest absolute Gasteiger partial charge is 0.165 e. The van der Waals surface area contributed by atoms with E-state index in [0.717, 1.165) is 60.0 Å². The van der Waals surface area contributed by atoms with Crippen LogP contribution in [-0.4, -0.2) is 15.0 Å². The van der Waals surface area contributed by atoms with Crippen LogP contribution in [0.4, 0.5) is 0 Å². The number of benzene rings is 8. The van der Waals surface area contributed by atoms with Gasteiger partial charge >= 0.3 is 0 Å². The molecular formula is C51H31N3OS. The number of rotatable bonds is 6. The summed E-state index contributed by atoms with van der Waals surface area (Å²) < 4.78 is 9.12. The molecule has 0 amide bonds. The van der Waals surface area contributed by atoms with Gasteiger partial charge in [0.15, 0.2) is 17.5 Å². The van der Waals surface area contributed by atoms with Gasteiger partial charge in [0, 0.05) is 58.8 Å². The molecule has 3 heterocycles. The molecule has 0 radical (unpaired) electrons. The van der Waals surface area contributed by atoms with Crippen molar-refractivity contribution in [2.45, 2.75) is 0 Å². The maximum atomic E-state index is 6.77. The number of furan rings is 1. The monoisotopic (exact) mass is 733 g/mol. The molecule has 0 fully saturated rings. The predicted molar refractivity (Wildman–Crippen MR) is 233 cm³/mol. The topological polar surface area (TPSA) is 51.8 Å². The SMILES string of the molecule is c1ccc(-c2cccc(-c3ccc(-c4cccc5c4sc4c(-c6nc(-c7ccccc7)nc(-c7ccccc7)n6)cccc45)c4c3oc3ccccc34)c2)cc1. The first-order chi connectivity index (χ1) is 27.8. The van der Waals surface area contributed by atoms with E-state index in [0.29, 0.717) is 17.5 Å². The molecule has 0 atom stereocenters. The van der Waals surface area contributed by atoms with E-state index in [9.17, 15) is 0 Å². The number of thiophene rings is 1. The molecule has 8 aromatic carbocycles. The van der Waals surface area contributed by atoms with Crippen LogP contribution in [0.15, 0.2) is 192 Å². The summed E-state index contributed by atoms with van der Waals surface area (Å²) in [5.41, 5.74) is 11.5. The molecule has 56 heavy (non-hydrogen) atoms. The number of aromatic nitrogens is 3. The maximum Gasteiger partial charge on any atom is 0.165 e. The summed E-state index contributed by atoms with van der Waals surface area (Å²) in [5.74, 6) is 1.95. The third-order valence-electron chi connectivity index (χ3n) is 10.6. The van der Waals surface area contributed by atoms with Gasteiger partial charge in [-0.2, -0.15) is 0 Å². The van der Waals surface area contributed by atoms with E-state index in [-0.39, 0.29) is 0 Å². The fourth-order valence-corrected chi connectivity index (χ4v) is 9.25. The van der Waals surface area contributed by atoms with Crippen molar-refractivity contribution in [3.05, 3.63) is 188 Å². The molecule has 0 saturated carbocycles. The first kappa shape index (κ1) is 32.2. The zero-order valence-corrected chi connectivity index (χ0v) is 30.9. The third kappa shape index (κ3) is 5.40. The van der Waals surface area contributed by atoms with Gasteiger partial charge in [-0.15, -0.1) is 11.3 Å². The quantitative estimate of drug-likeness (QED) is 0.171. The van der Waals surface area contributed by atoms with E-state index < -0.39 is 0 Å². The molecule has 4 nitrogen and oxygen atoms in total. The molecule has 11 rings (SSSR count). The molecule has 0 aliphatic carbocycles. The van der Waals surface area contributed by atoms with Crippen LogP contribution in [-0.2, 0) is 0 Å². The highest BCUT2D eigenvalue weighted by atomic mass is 32.1. The second kappa shape index (κ2) is 13.3. The van der Waals surface area contributed by atoms with Crippen LogP contribution in [0, 0.1) is 0 Å². The highest BCUT2D eigenvalue weighted by Gasteiger charge is 2.22. The van der Waals surface area contributed by atoms with Crippen LogP contribution in [0.3, 0.4) is 0 Å². The summed E-state index contributed by atoms with van der Waals surface area (Å²) >= 11 is 1.79. The molecular weight excluding hydrogens is 703 g/mol. The van der Waals surface area contributed by atoms with Crippen molar-refractivity contribution in [1.82, 2.24) is 15.0 Å². The van der Waals surface area contributed by atoms with E-state index in [2.05, 4.69) is 121 Å². The summed E-state index contributed by atoms with van der Waals surface area (Å²) in [4.78, 5) is 15.2. The van der Waals surface area contributed by atoms with E-state index in [1.165, 1.54) is 32.2 Å². The summed E-state index contributed by atoms with van der Waals surface area (Å²) in [6, 6.07) is 65.5. The van der Waals surface area contributed by atoms with Gasteiger partial charge < -0.3 is 4.42 Å². The van der Waals surface area contributed by atoms with Crippen LogP contribution < -0.4 is 0 Å². The van der Waals surface area contributed by atoms with E-state index in [4.69, 9.17) is 19.4 Å². The molecule has 0 spiro atoms.